The minimum Gasteiger partial charge on any atom is -0.443 e. The number of ether oxygens (including phenoxy) is 1. The first-order valence-corrected chi connectivity index (χ1v) is 7.19. The molecule has 2 aliphatic heterocycles. The maximum Gasteiger partial charge on any atom is 0.410 e. The molecule has 18 heavy (non-hydrogen) atoms. The lowest BCUT2D eigenvalue weighted by atomic mass is 9.81. The second kappa shape index (κ2) is 5.08. The van der Waals surface area contributed by atoms with E-state index in [2.05, 4.69) is 12.2 Å². The Kier molecular flexibility index (Phi) is 3.85. The number of nitrogens with one attached hydrogen (secondary N) is 1. The molecule has 0 aromatic rings. The molecular weight excluding hydrogens is 228 g/mol. The van der Waals surface area contributed by atoms with Crippen molar-refractivity contribution in [3.05, 3.63) is 0 Å². The summed E-state index contributed by atoms with van der Waals surface area (Å²) in [5.74, 6) is 0. The molecule has 0 aliphatic carbocycles. The van der Waals surface area contributed by atoms with E-state index in [1.165, 1.54) is 19.3 Å². The Morgan fingerprint density at radius 2 is 2.06 bits per heavy atom. The zero-order valence-electron chi connectivity index (χ0n) is 11.9. The van der Waals surface area contributed by atoms with Crippen molar-refractivity contribution in [3.63, 3.8) is 0 Å². The number of unbranched alkanes of at least 4 members (excludes halogenated alkanes) is 2. The Morgan fingerprint density at radius 1 is 1.39 bits per heavy atom. The van der Waals surface area contributed by atoms with E-state index in [0.29, 0.717) is 0 Å². The summed E-state index contributed by atoms with van der Waals surface area (Å²) in [6.07, 6.45) is 5.53. The van der Waals surface area contributed by atoms with Crippen molar-refractivity contribution in [2.24, 2.45) is 0 Å². The second-order valence-electron chi connectivity index (χ2n) is 6.40. The van der Waals surface area contributed by atoms with E-state index in [1.54, 1.807) is 0 Å². The van der Waals surface area contributed by atoms with Crippen molar-refractivity contribution >= 4 is 6.09 Å². The smallest absolute Gasteiger partial charge is 0.410 e. The van der Waals surface area contributed by atoms with Gasteiger partial charge in [-0.15, -0.1) is 0 Å². The first-order chi connectivity index (χ1) is 8.46. The summed E-state index contributed by atoms with van der Waals surface area (Å²) < 4.78 is 5.61. The molecule has 0 aromatic heterocycles. The van der Waals surface area contributed by atoms with Crippen LogP contribution >= 0.6 is 0 Å². The fraction of sp³-hybridized carbons (Fsp3) is 0.929. The molecule has 2 saturated heterocycles. The van der Waals surface area contributed by atoms with Gasteiger partial charge < -0.3 is 15.0 Å². The minimum atomic E-state index is -0.331. The summed E-state index contributed by atoms with van der Waals surface area (Å²) in [6.45, 7) is 8.93. The summed E-state index contributed by atoms with van der Waals surface area (Å²) in [5.41, 5.74) is -0.0899. The molecule has 1 amide bonds. The monoisotopic (exact) mass is 254 g/mol. The van der Waals surface area contributed by atoms with Crippen LogP contribution in [0.15, 0.2) is 0 Å². The second-order valence-corrected chi connectivity index (χ2v) is 6.40. The van der Waals surface area contributed by atoms with Gasteiger partial charge in [0, 0.05) is 13.1 Å². The van der Waals surface area contributed by atoms with Gasteiger partial charge in [-0.05, 0) is 39.7 Å². The van der Waals surface area contributed by atoms with Crippen molar-refractivity contribution in [3.8, 4) is 0 Å². The normalized spacial score (nSPS) is 21.4. The van der Waals surface area contributed by atoms with Crippen LogP contribution in [-0.4, -0.2) is 41.8 Å². The third-order valence-corrected chi connectivity index (χ3v) is 4.09. The number of carbonyl (C=O) groups is 1. The lowest BCUT2D eigenvalue weighted by molar-refractivity contribution is -0.0434. The number of carbonyl (C=O) groups excluding carboxylic acids is 1. The molecule has 4 heteroatoms. The number of amides is 1. The highest BCUT2D eigenvalue weighted by Gasteiger charge is 2.50. The largest absolute Gasteiger partial charge is 0.443 e. The van der Waals surface area contributed by atoms with Gasteiger partial charge in [-0.25, -0.2) is 4.79 Å². The quantitative estimate of drug-likeness (QED) is 0.767. The minimum absolute atomic E-state index is 0.143. The fourth-order valence-electron chi connectivity index (χ4n) is 2.71. The number of hydrogen-bond donors (Lipinski definition) is 1. The Balaban J connectivity index is 1.70. The predicted molar refractivity (Wildman–Crippen MR) is 71.6 cm³/mol. The molecule has 0 atom stereocenters. The highest BCUT2D eigenvalue weighted by atomic mass is 16.6. The summed E-state index contributed by atoms with van der Waals surface area (Å²) in [6, 6.07) is 0. The molecule has 0 unspecified atom stereocenters. The average Bonchev–Trinajstić information content (AvgIpc) is 2.12. The summed E-state index contributed by atoms with van der Waals surface area (Å²) in [4.78, 5) is 13.8. The van der Waals surface area contributed by atoms with E-state index in [-0.39, 0.29) is 17.2 Å². The van der Waals surface area contributed by atoms with Gasteiger partial charge in [0.25, 0.3) is 0 Å². The van der Waals surface area contributed by atoms with Crippen LogP contribution in [0.1, 0.15) is 52.9 Å². The highest BCUT2D eigenvalue weighted by molar-refractivity contribution is 5.70. The molecule has 104 valence electrons. The Labute approximate surface area is 110 Å². The van der Waals surface area contributed by atoms with Gasteiger partial charge >= 0.3 is 6.09 Å². The van der Waals surface area contributed by atoms with Crippen LogP contribution in [0.25, 0.3) is 0 Å². The topological polar surface area (TPSA) is 41.6 Å². The molecular formula is C14H26N2O2. The third-order valence-electron chi connectivity index (χ3n) is 4.09. The molecule has 2 heterocycles. The Bertz CT molecular complexity index is 303. The molecule has 0 aromatic carbocycles. The van der Waals surface area contributed by atoms with Gasteiger partial charge in [0.2, 0.25) is 0 Å². The van der Waals surface area contributed by atoms with E-state index < -0.39 is 0 Å². The van der Waals surface area contributed by atoms with Gasteiger partial charge in [-0.3, -0.25) is 0 Å². The molecule has 0 saturated carbocycles. The molecule has 0 radical (unpaired) electrons. The van der Waals surface area contributed by atoms with E-state index in [9.17, 15) is 4.79 Å². The van der Waals surface area contributed by atoms with Crippen molar-refractivity contribution in [2.45, 2.75) is 64.0 Å². The van der Waals surface area contributed by atoms with Crippen LogP contribution in [0, 0.1) is 0 Å². The number of likely N-dealkylation sites (tertiary alicyclic amines) is 1. The van der Waals surface area contributed by atoms with Gasteiger partial charge in [0.15, 0.2) is 0 Å². The van der Waals surface area contributed by atoms with Crippen LogP contribution in [0.3, 0.4) is 0 Å². The first-order valence-electron chi connectivity index (χ1n) is 7.19. The van der Waals surface area contributed by atoms with Gasteiger partial charge in [0.05, 0.1) is 5.54 Å². The van der Waals surface area contributed by atoms with E-state index in [0.717, 1.165) is 32.5 Å². The van der Waals surface area contributed by atoms with Crippen molar-refractivity contribution in [1.29, 1.82) is 0 Å². The van der Waals surface area contributed by atoms with E-state index >= 15 is 0 Å². The SMILES string of the molecule is CCCCCC(C)(C)OC(=O)N1CC2(CCN2)C1. The summed E-state index contributed by atoms with van der Waals surface area (Å²) in [7, 11) is 0. The third kappa shape index (κ3) is 2.97. The van der Waals surface area contributed by atoms with Crippen LogP contribution < -0.4 is 5.32 Å². The molecule has 2 rings (SSSR count). The summed E-state index contributed by atoms with van der Waals surface area (Å²) in [5, 5.41) is 3.40. The van der Waals surface area contributed by atoms with Crippen LogP contribution in [0.2, 0.25) is 0 Å². The first kappa shape index (κ1) is 13.7. The van der Waals surface area contributed by atoms with Crippen molar-refractivity contribution in [2.75, 3.05) is 19.6 Å². The zero-order chi connectivity index (χ0) is 13.2. The lowest BCUT2D eigenvalue weighted by Gasteiger charge is -2.56. The highest BCUT2D eigenvalue weighted by Crippen LogP contribution is 2.31. The standard InChI is InChI=1S/C14H26N2O2/c1-4-5-6-7-13(2,3)18-12(17)16-10-14(11-16)8-9-15-14/h15H,4-11H2,1-3H3. The predicted octanol–water partition coefficient (Wildman–Crippen LogP) is 2.53. The molecule has 2 aliphatic rings. The average molecular weight is 254 g/mol. The van der Waals surface area contributed by atoms with Gasteiger partial charge in [0.1, 0.15) is 5.60 Å². The number of hydrogen-bond acceptors (Lipinski definition) is 3. The fourth-order valence-corrected chi connectivity index (χ4v) is 2.71. The molecule has 4 nitrogen and oxygen atoms in total. The Hall–Kier alpha value is -0.770. The van der Waals surface area contributed by atoms with E-state index in [1.807, 2.05) is 18.7 Å². The molecule has 1 spiro atoms. The molecule has 1 N–H and O–H groups in total. The molecule has 0 bridgehead atoms. The van der Waals surface area contributed by atoms with Crippen molar-refractivity contribution in [1.82, 2.24) is 10.2 Å². The zero-order valence-corrected chi connectivity index (χ0v) is 11.9. The van der Waals surface area contributed by atoms with Crippen LogP contribution in [-0.2, 0) is 4.74 Å². The van der Waals surface area contributed by atoms with Crippen LogP contribution in [0.5, 0.6) is 0 Å². The molecule has 2 fully saturated rings. The van der Waals surface area contributed by atoms with Crippen molar-refractivity contribution < 1.29 is 9.53 Å². The Morgan fingerprint density at radius 3 is 2.56 bits per heavy atom. The lowest BCUT2D eigenvalue weighted by Crippen LogP contribution is -2.76. The van der Waals surface area contributed by atoms with E-state index in [4.69, 9.17) is 4.74 Å². The van der Waals surface area contributed by atoms with Gasteiger partial charge in [-0.1, -0.05) is 19.8 Å². The maximum atomic E-state index is 12.0. The number of nitrogens with zero attached hydrogens (tertiary/aromatic N) is 1. The maximum absolute atomic E-state index is 12.0. The van der Waals surface area contributed by atoms with Crippen LogP contribution in [0.4, 0.5) is 4.79 Å². The number of rotatable bonds is 5. The summed E-state index contributed by atoms with van der Waals surface area (Å²) >= 11 is 0. The van der Waals surface area contributed by atoms with Gasteiger partial charge in [-0.2, -0.15) is 0 Å².